The molecule has 0 spiro atoms. The van der Waals surface area contributed by atoms with Crippen LogP contribution in [0.5, 0.6) is 0 Å². The Morgan fingerprint density at radius 2 is 1.86 bits per heavy atom. The van der Waals surface area contributed by atoms with Crippen molar-refractivity contribution in [1.82, 2.24) is 20.4 Å². The summed E-state index contributed by atoms with van der Waals surface area (Å²) in [6, 6.07) is 0.345. The van der Waals surface area contributed by atoms with E-state index in [4.69, 9.17) is 4.74 Å². The van der Waals surface area contributed by atoms with E-state index in [2.05, 4.69) is 34.4 Å². The Morgan fingerprint density at radius 1 is 1.21 bits per heavy atom. The first-order valence-corrected chi connectivity index (χ1v) is 9.80. The minimum atomic E-state index is -4.17. The lowest BCUT2D eigenvalue weighted by atomic mass is 10.0. The molecule has 0 aliphatic carbocycles. The molecular formula is C18H37F3IN5O. The van der Waals surface area contributed by atoms with Crippen LogP contribution in [0, 0.1) is 5.92 Å². The van der Waals surface area contributed by atoms with Crippen LogP contribution >= 0.6 is 24.0 Å². The van der Waals surface area contributed by atoms with E-state index in [1.807, 2.05) is 6.92 Å². The molecule has 1 aliphatic heterocycles. The second kappa shape index (κ2) is 14.6. The van der Waals surface area contributed by atoms with Gasteiger partial charge in [-0.3, -0.25) is 14.8 Å². The molecule has 6 nitrogen and oxygen atoms in total. The highest BCUT2D eigenvalue weighted by molar-refractivity contribution is 14.0. The van der Waals surface area contributed by atoms with E-state index in [-0.39, 0.29) is 24.0 Å². The number of aliphatic imine (C=N–C) groups is 1. The summed E-state index contributed by atoms with van der Waals surface area (Å²) >= 11 is 0. The third-order valence-electron chi connectivity index (χ3n) is 4.35. The average molecular weight is 523 g/mol. The molecule has 1 unspecified atom stereocenters. The first-order valence-electron chi connectivity index (χ1n) is 9.80. The van der Waals surface area contributed by atoms with Gasteiger partial charge < -0.3 is 15.4 Å². The number of hydrogen-bond donors (Lipinski definition) is 2. The van der Waals surface area contributed by atoms with E-state index in [1.54, 1.807) is 0 Å². The maximum absolute atomic E-state index is 12.4. The summed E-state index contributed by atoms with van der Waals surface area (Å²) in [6.45, 7) is 10.9. The van der Waals surface area contributed by atoms with Crippen LogP contribution in [0.15, 0.2) is 4.99 Å². The van der Waals surface area contributed by atoms with E-state index in [1.165, 1.54) is 11.9 Å². The Morgan fingerprint density at radius 3 is 2.39 bits per heavy atom. The molecular weight excluding hydrogens is 486 g/mol. The standard InChI is InChI=1S/C18H36F3N5O.HI/c1-5-22-17(23-6-7-25(4)14-18(19,20)21)24-13-16(12-15(2)3)26-8-10-27-11-9-26;/h15-16H,5-14H2,1-4H3,(H2,22,23,24);1H. The first kappa shape index (κ1) is 27.7. The first-order chi connectivity index (χ1) is 12.7. The minimum absolute atomic E-state index is 0. The molecule has 1 rings (SSSR count). The van der Waals surface area contributed by atoms with E-state index >= 15 is 0 Å². The van der Waals surface area contributed by atoms with Crippen LogP contribution < -0.4 is 10.6 Å². The van der Waals surface area contributed by atoms with Gasteiger partial charge in [0.15, 0.2) is 5.96 Å². The van der Waals surface area contributed by atoms with Gasteiger partial charge in [0.1, 0.15) is 0 Å². The van der Waals surface area contributed by atoms with Gasteiger partial charge in [-0.05, 0) is 26.3 Å². The normalized spacial score (nSPS) is 17.5. The zero-order chi connectivity index (χ0) is 20.3. The molecule has 1 atom stereocenters. The summed E-state index contributed by atoms with van der Waals surface area (Å²) in [5.74, 6) is 1.22. The molecule has 1 fully saturated rings. The number of nitrogens with zero attached hydrogens (tertiary/aromatic N) is 3. The molecule has 0 radical (unpaired) electrons. The molecule has 0 saturated carbocycles. The van der Waals surface area contributed by atoms with Crippen LogP contribution in [0.2, 0.25) is 0 Å². The van der Waals surface area contributed by atoms with Gasteiger partial charge in [0, 0.05) is 38.8 Å². The van der Waals surface area contributed by atoms with Crippen molar-refractivity contribution in [3.05, 3.63) is 0 Å². The molecule has 28 heavy (non-hydrogen) atoms. The summed E-state index contributed by atoms with van der Waals surface area (Å²) in [5, 5.41) is 6.31. The lowest BCUT2D eigenvalue weighted by Gasteiger charge is -2.34. The summed E-state index contributed by atoms with van der Waals surface area (Å²) in [7, 11) is 1.47. The monoisotopic (exact) mass is 523 g/mol. The third kappa shape index (κ3) is 13.0. The second-order valence-corrected chi connectivity index (χ2v) is 7.43. The van der Waals surface area contributed by atoms with Crippen molar-refractivity contribution in [3.8, 4) is 0 Å². The molecule has 0 amide bonds. The van der Waals surface area contributed by atoms with Gasteiger partial charge >= 0.3 is 6.18 Å². The number of morpholine rings is 1. The fraction of sp³-hybridized carbons (Fsp3) is 0.944. The maximum Gasteiger partial charge on any atom is 0.401 e. The smallest absolute Gasteiger partial charge is 0.379 e. The van der Waals surface area contributed by atoms with E-state index in [0.717, 1.165) is 32.7 Å². The summed E-state index contributed by atoms with van der Waals surface area (Å²) in [4.78, 5) is 8.36. The highest BCUT2D eigenvalue weighted by Crippen LogP contribution is 2.15. The Balaban J connectivity index is 0.00000729. The van der Waals surface area contributed by atoms with Crippen molar-refractivity contribution in [1.29, 1.82) is 0 Å². The fourth-order valence-electron chi connectivity index (χ4n) is 3.11. The predicted molar refractivity (Wildman–Crippen MR) is 119 cm³/mol. The highest BCUT2D eigenvalue weighted by atomic mass is 127. The van der Waals surface area contributed by atoms with Crippen molar-refractivity contribution in [2.75, 3.05) is 66.1 Å². The molecule has 168 valence electrons. The van der Waals surface area contributed by atoms with Gasteiger partial charge in [0.25, 0.3) is 0 Å². The van der Waals surface area contributed by atoms with E-state index < -0.39 is 12.7 Å². The minimum Gasteiger partial charge on any atom is -0.379 e. The number of rotatable bonds is 10. The lowest BCUT2D eigenvalue weighted by Crippen LogP contribution is -2.47. The molecule has 2 N–H and O–H groups in total. The zero-order valence-electron chi connectivity index (χ0n) is 17.5. The maximum atomic E-state index is 12.4. The van der Waals surface area contributed by atoms with Gasteiger partial charge in [-0.2, -0.15) is 13.2 Å². The summed E-state index contributed by atoms with van der Waals surface area (Å²) < 4.78 is 42.6. The number of nitrogens with one attached hydrogen (secondary N) is 2. The molecule has 1 aliphatic rings. The summed E-state index contributed by atoms with van der Waals surface area (Å²) in [5.41, 5.74) is 0. The largest absolute Gasteiger partial charge is 0.401 e. The molecule has 0 aromatic carbocycles. The zero-order valence-corrected chi connectivity index (χ0v) is 19.8. The Hall–Kier alpha value is -0.330. The molecule has 0 aromatic heterocycles. The van der Waals surface area contributed by atoms with Crippen molar-refractivity contribution in [2.24, 2.45) is 10.9 Å². The fourth-order valence-corrected chi connectivity index (χ4v) is 3.11. The Labute approximate surface area is 184 Å². The van der Waals surface area contributed by atoms with Crippen LogP contribution in [-0.4, -0.2) is 94.1 Å². The number of hydrogen-bond acceptors (Lipinski definition) is 4. The third-order valence-corrected chi connectivity index (χ3v) is 4.35. The summed E-state index contributed by atoms with van der Waals surface area (Å²) in [6.07, 6.45) is -3.12. The van der Waals surface area contributed by atoms with Crippen molar-refractivity contribution >= 4 is 29.9 Å². The average Bonchev–Trinajstić information content (AvgIpc) is 2.57. The van der Waals surface area contributed by atoms with Crippen molar-refractivity contribution < 1.29 is 17.9 Å². The number of ether oxygens (including phenoxy) is 1. The van der Waals surface area contributed by atoms with Gasteiger partial charge in [-0.1, -0.05) is 13.8 Å². The van der Waals surface area contributed by atoms with Crippen LogP contribution in [0.1, 0.15) is 27.2 Å². The second-order valence-electron chi connectivity index (χ2n) is 7.43. The van der Waals surface area contributed by atoms with Crippen LogP contribution in [-0.2, 0) is 4.74 Å². The van der Waals surface area contributed by atoms with Crippen molar-refractivity contribution in [3.63, 3.8) is 0 Å². The van der Waals surface area contributed by atoms with Crippen LogP contribution in [0.4, 0.5) is 13.2 Å². The van der Waals surface area contributed by atoms with Crippen LogP contribution in [0.3, 0.4) is 0 Å². The van der Waals surface area contributed by atoms with Gasteiger partial charge in [-0.25, -0.2) is 0 Å². The lowest BCUT2D eigenvalue weighted by molar-refractivity contribution is -0.142. The highest BCUT2D eigenvalue weighted by Gasteiger charge is 2.28. The molecule has 0 aromatic rings. The topological polar surface area (TPSA) is 52.1 Å². The number of alkyl halides is 3. The molecule has 1 saturated heterocycles. The van der Waals surface area contributed by atoms with Gasteiger partial charge in [0.2, 0.25) is 0 Å². The predicted octanol–water partition coefficient (Wildman–Crippen LogP) is 2.40. The molecule has 1 heterocycles. The van der Waals surface area contributed by atoms with Crippen molar-refractivity contribution in [2.45, 2.75) is 39.4 Å². The van der Waals surface area contributed by atoms with Gasteiger partial charge in [0.05, 0.1) is 26.3 Å². The number of guanidine groups is 1. The number of likely N-dealkylation sites (N-methyl/N-ethyl adjacent to an activating group) is 1. The SMILES string of the molecule is CCNC(=NCC(CC(C)C)N1CCOCC1)NCCN(C)CC(F)(F)F.I. The Bertz CT molecular complexity index is 432. The molecule has 10 heteroatoms. The Kier molecular flexibility index (Phi) is 14.4. The van der Waals surface area contributed by atoms with Crippen LogP contribution in [0.25, 0.3) is 0 Å². The quantitative estimate of drug-likeness (QED) is 0.262. The number of halogens is 4. The van der Waals surface area contributed by atoms with Gasteiger partial charge in [-0.15, -0.1) is 24.0 Å². The molecule has 0 bridgehead atoms. The van der Waals surface area contributed by atoms with E-state index in [9.17, 15) is 13.2 Å². The van der Waals surface area contributed by atoms with E-state index in [0.29, 0.717) is 44.1 Å².